The number of hydrogen-bond acceptors (Lipinski definition) is 11. The van der Waals surface area contributed by atoms with Gasteiger partial charge in [0.2, 0.25) is 11.8 Å². The minimum Gasteiger partial charge on any atom is -0.508 e. The molecule has 1 aliphatic heterocycles. The number of piperidine rings is 1. The van der Waals surface area contributed by atoms with Crippen LogP contribution in [-0.2, 0) is 30.3 Å². The van der Waals surface area contributed by atoms with Gasteiger partial charge in [-0.25, -0.2) is 4.98 Å². The summed E-state index contributed by atoms with van der Waals surface area (Å²) in [6.07, 6.45) is 2.77. The third-order valence-electron chi connectivity index (χ3n) is 10.1. The number of benzene rings is 1. The van der Waals surface area contributed by atoms with Crippen molar-refractivity contribution >= 4 is 41.0 Å². The van der Waals surface area contributed by atoms with Crippen molar-refractivity contribution in [1.29, 1.82) is 0 Å². The third kappa shape index (κ3) is 12.5. The summed E-state index contributed by atoms with van der Waals surface area (Å²) >= 11 is 1.10. The number of carbonyl (C=O) groups excluding carboxylic acids is 4. The minimum absolute atomic E-state index is 0.0456. The summed E-state index contributed by atoms with van der Waals surface area (Å²) in [5.74, 6) is -3.92. The highest BCUT2D eigenvalue weighted by atomic mass is 32.1. The fraction of sp³-hybridized carbons (Fsp3) is 0.632. The number of hydrogen-bond donors (Lipinski definition) is 5. The van der Waals surface area contributed by atoms with Crippen LogP contribution < -0.4 is 10.6 Å². The lowest BCUT2D eigenvalue weighted by molar-refractivity contribution is -0.151. The Kier molecular flexibility index (Phi) is 16.7. The number of aliphatic carboxylic acids is 1. The molecular formula is C38H57N5O9S. The number of phenolic OH excluding ortho intramolecular Hbond substituents is 1. The van der Waals surface area contributed by atoms with Gasteiger partial charge in [0.1, 0.15) is 29.2 Å². The van der Waals surface area contributed by atoms with E-state index in [0.29, 0.717) is 24.3 Å². The molecule has 3 amide bonds. The molecule has 1 aromatic heterocycles. The zero-order valence-corrected chi connectivity index (χ0v) is 32.7. The van der Waals surface area contributed by atoms with Crippen LogP contribution in [0, 0.1) is 17.8 Å². The molecular weight excluding hydrogens is 703 g/mol. The van der Waals surface area contributed by atoms with Gasteiger partial charge in [0.15, 0.2) is 6.10 Å². The number of rotatable bonds is 19. The Hall–Kier alpha value is -4.08. The summed E-state index contributed by atoms with van der Waals surface area (Å²) in [6.45, 7) is 10.5. The topological polar surface area (TPSA) is 199 Å². The molecule has 1 fully saturated rings. The fourth-order valence-electron chi connectivity index (χ4n) is 6.67. The van der Waals surface area contributed by atoms with E-state index in [4.69, 9.17) is 4.74 Å². The first-order valence-corrected chi connectivity index (χ1v) is 19.3. The number of amides is 3. The summed E-state index contributed by atoms with van der Waals surface area (Å²) in [5.41, 5.74) is 0.836. The first-order chi connectivity index (χ1) is 25.1. The molecule has 1 aliphatic rings. The predicted octanol–water partition coefficient (Wildman–Crippen LogP) is 4.11. The molecule has 3 unspecified atom stereocenters. The van der Waals surface area contributed by atoms with Crippen LogP contribution in [0.3, 0.4) is 0 Å². The van der Waals surface area contributed by atoms with Crippen LogP contribution >= 0.6 is 11.3 Å². The Balaban J connectivity index is 1.85. The van der Waals surface area contributed by atoms with Gasteiger partial charge in [-0.3, -0.25) is 28.9 Å². The molecule has 0 saturated carbocycles. The lowest BCUT2D eigenvalue weighted by Crippen LogP contribution is -2.59. The number of carboxylic acids is 1. The summed E-state index contributed by atoms with van der Waals surface area (Å²) in [6, 6.07) is 3.98. The Bertz CT molecular complexity index is 1530. The van der Waals surface area contributed by atoms with E-state index in [2.05, 4.69) is 15.6 Å². The van der Waals surface area contributed by atoms with E-state index in [0.717, 1.165) is 36.3 Å². The average molecular weight is 760 g/mol. The maximum absolute atomic E-state index is 14.2. The number of likely N-dealkylation sites (N-methyl/N-ethyl adjacent to an activating group) is 1. The lowest BCUT2D eigenvalue weighted by Gasteiger charge is -2.39. The number of aliphatic hydroxyl groups excluding tert-OH is 1. The van der Waals surface area contributed by atoms with Gasteiger partial charge in [-0.15, -0.1) is 11.3 Å². The second-order valence-corrected chi connectivity index (χ2v) is 15.4. The van der Waals surface area contributed by atoms with Crippen molar-refractivity contribution in [2.75, 3.05) is 20.3 Å². The van der Waals surface area contributed by atoms with Gasteiger partial charge in [-0.05, 0) is 68.8 Å². The second kappa shape index (κ2) is 20.4. The maximum Gasteiger partial charge on any atom is 0.306 e. The van der Waals surface area contributed by atoms with Gasteiger partial charge >= 0.3 is 11.9 Å². The average Bonchev–Trinajstić information content (AvgIpc) is 3.61. The lowest BCUT2D eigenvalue weighted by atomic mass is 9.92. The molecule has 53 heavy (non-hydrogen) atoms. The molecule has 0 radical (unpaired) electrons. The van der Waals surface area contributed by atoms with Crippen LogP contribution in [0.25, 0.3) is 0 Å². The highest BCUT2D eigenvalue weighted by Crippen LogP contribution is 2.31. The summed E-state index contributed by atoms with van der Waals surface area (Å²) in [4.78, 5) is 73.0. The number of carbonyl (C=O) groups is 5. The number of ether oxygens (including phenoxy) is 1. The maximum atomic E-state index is 14.2. The van der Waals surface area contributed by atoms with Gasteiger partial charge in [0.05, 0.1) is 12.0 Å². The largest absolute Gasteiger partial charge is 0.508 e. The number of likely N-dealkylation sites (tertiary alicyclic amines) is 1. The number of esters is 1. The number of aromatic nitrogens is 1. The third-order valence-corrected chi connectivity index (χ3v) is 11.0. The zero-order chi connectivity index (χ0) is 39.4. The Morgan fingerprint density at radius 2 is 1.74 bits per heavy atom. The van der Waals surface area contributed by atoms with Gasteiger partial charge in [-0.2, -0.15) is 0 Å². The van der Waals surface area contributed by atoms with E-state index >= 15 is 0 Å². The van der Waals surface area contributed by atoms with Crippen molar-refractivity contribution in [3.05, 3.63) is 45.9 Å². The van der Waals surface area contributed by atoms with E-state index in [-0.39, 0.29) is 48.1 Å². The highest BCUT2D eigenvalue weighted by Gasteiger charge is 2.38. The summed E-state index contributed by atoms with van der Waals surface area (Å²) < 4.78 is 5.71. The molecule has 0 spiro atoms. The molecule has 7 atom stereocenters. The SMILES string of the molecule is CC[C@H](C)[C@H](NC(=O)[C@H]1CCCCN1C)C(=O)N(CO)[C@H](CC(OC(C)=O)c1nc(C(=O)NC(Cc2ccc(O)cc2)CC(C)C(=O)O)cs1)C(C)C. The number of nitrogens with zero attached hydrogens (tertiary/aromatic N) is 3. The first kappa shape index (κ1) is 43.3. The molecule has 14 nitrogen and oxygen atoms in total. The summed E-state index contributed by atoms with van der Waals surface area (Å²) in [7, 11) is 1.90. The van der Waals surface area contributed by atoms with Crippen LogP contribution in [0.15, 0.2) is 29.6 Å². The van der Waals surface area contributed by atoms with Crippen LogP contribution in [0.1, 0.15) is 107 Å². The van der Waals surface area contributed by atoms with Crippen LogP contribution in [-0.4, -0.2) is 104 Å². The number of thiazole rings is 1. The van der Waals surface area contributed by atoms with E-state index in [9.17, 15) is 39.3 Å². The first-order valence-electron chi connectivity index (χ1n) is 18.4. The monoisotopic (exact) mass is 759 g/mol. The molecule has 0 aliphatic carbocycles. The minimum atomic E-state index is -1.00. The highest BCUT2D eigenvalue weighted by molar-refractivity contribution is 7.09. The van der Waals surface area contributed by atoms with Gasteiger partial charge < -0.3 is 35.6 Å². The molecule has 5 N–H and O–H groups in total. The number of aliphatic hydroxyl groups is 1. The standard InChI is InChI=1S/C38H57N5O9S/c1-8-23(4)33(41-35(48)30-11-9-10-16-42(30)7)37(49)43(21-44)31(22(2)3)19-32(52-25(6)45)36-40-29(20-53-36)34(47)39-27(17-24(5)38(50)51)18-26-12-14-28(46)15-13-26/h12-15,20,22-24,27,30-33,44,46H,8-11,16-19,21H2,1-7H3,(H,39,47)(H,41,48)(H,50,51)/t23-,24?,27?,30+,31+,32?,33-/m0/s1. The van der Waals surface area contributed by atoms with E-state index < -0.39 is 60.6 Å². The van der Waals surface area contributed by atoms with Crippen LogP contribution in [0.2, 0.25) is 0 Å². The van der Waals surface area contributed by atoms with E-state index in [1.807, 2.05) is 39.6 Å². The predicted molar refractivity (Wildman–Crippen MR) is 200 cm³/mol. The molecule has 1 aromatic carbocycles. The van der Waals surface area contributed by atoms with E-state index in [1.54, 1.807) is 19.1 Å². The van der Waals surface area contributed by atoms with Crippen LogP contribution in [0.5, 0.6) is 5.75 Å². The molecule has 294 valence electrons. The van der Waals surface area contributed by atoms with Crippen molar-refractivity contribution < 1.29 is 44.0 Å². The zero-order valence-electron chi connectivity index (χ0n) is 31.9. The number of carboxylic acid groups (broad SMARTS) is 1. The Morgan fingerprint density at radius 3 is 2.30 bits per heavy atom. The molecule has 0 bridgehead atoms. The van der Waals surface area contributed by atoms with E-state index in [1.165, 1.54) is 29.3 Å². The molecule has 2 aromatic rings. The smallest absolute Gasteiger partial charge is 0.306 e. The Labute approximate surface area is 316 Å². The van der Waals surface area contributed by atoms with Crippen molar-refractivity contribution in [2.24, 2.45) is 17.8 Å². The van der Waals surface area contributed by atoms with Gasteiger partial charge in [-0.1, -0.05) is 59.6 Å². The molecule has 15 heteroatoms. The number of nitrogens with one attached hydrogen (secondary N) is 2. The molecule has 3 rings (SSSR count). The second-order valence-electron chi connectivity index (χ2n) is 14.5. The number of aromatic hydroxyl groups is 1. The van der Waals surface area contributed by atoms with Crippen molar-refractivity contribution in [1.82, 2.24) is 25.4 Å². The van der Waals surface area contributed by atoms with Crippen molar-refractivity contribution in [2.45, 2.75) is 117 Å². The number of phenols is 1. The fourth-order valence-corrected chi connectivity index (χ4v) is 7.51. The van der Waals surface area contributed by atoms with Crippen molar-refractivity contribution in [3.63, 3.8) is 0 Å². The van der Waals surface area contributed by atoms with Crippen molar-refractivity contribution in [3.8, 4) is 5.75 Å². The quantitative estimate of drug-likeness (QED) is 0.102. The molecule has 2 heterocycles. The normalized spacial score (nSPS) is 18.2. The van der Waals surface area contributed by atoms with Gasteiger partial charge in [0, 0.05) is 30.8 Å². The summed E-state index contributed by atoms with van der Waals surface area (Å²) in [5, 5.41) is 37.6. The van der Waals surface area contributed by atoms with Gasteiger partial charge in [0.25, 0.3) is 5.91 Å². The van der Waals surface area contributed by atoms with Crippen LogP contribution in [0.4, 0.5) is 0 Å². The molecule has 1 saturated heterocycles. The Morgan fingerprint density at radius 1 is 1.06 bits per heavy atom.